The SMILES string of the molecule is N#Cc1ccc(-c2nc(N3CCC(N)CC3)ncc2-c2ccc3c(cnn3C(F)F)c2)cc1. The van der Waals surface area contributed by atoms with Crippen molar-refractivity contribution in [3.05, 3.63) is 60.4 Å². The number of piperidine rings is 1. The first-order valence-electron chi connectivity index (χ1n) is 10.7. The van der Waals surface area contributed by atoms with Gasteiger partial charge in [0.15, 0.2) is 0 Å². The van der Waals surface area contributed by atoms with E-state index in [1.54, 1.807) is 30.5 Å². The molecule has 33 heavy (non-hydrogen) atoms. The van der Waals surface area contributed by atoms with Crippen LogP contribution in [-0.4, -0.2) is 38.9 Å². The van der Waals surface area contributed by atoms with Crippen molar-refractivity contribution in [3.8, 4) is 28.5 Å². The van der Waals surface area contributed by atoms with Crippen molar-refractivity contribution >= 4 is 16.9 Å². The summed E-state index contributed by atoms with van der Waals surface area (Å²) in [7, 11) is 0. The van der Waals surface area contributed by atoms with E-state index in [4.69, 9.17) is 16.0 Å². The molecule has 0 amide bonds. The number of aromatic nitrogens is 4. The highest BCUT2D eigenvalue weighted by molar-refractivity contribution is 5.88. The third-order valence-corrected chi connectivity index (χ3v) is 5.98. The maximum atomic E-state index is 13.2. The van der Waals surface area contributed by atoms with Gasteiger partial charge in [-0.05, 0) is 42.7 Å². The molecule has 166 valence electrons. The van der Waals surface area contributed by atoms with E-state index >= 15 is 0 Å². The number of nitrogens with two attached hydrogens (primary N) is 1. The number of hydrogen-bond acceptors (Lipinski definition) is 6. The van der Waals surface area contributed by atoms with Crippen LogP contribution in [0.3, 0.4) is 0 Å². The largest absolute Gasteiger partial charge is 0.341 e. The molecule has 1 saturated heterocycles. The van der Waals surface area contributed by atoms with Gasteiger partial charge in [-0.25, -0.2) is 14.6 Å². The fourth-order valence-electron chi connectivity index (χ4n) is 4.13. The molecule has 3 heterocycles. The van der Waals surface area contributed by atoms with Crippen molar-refractivity contribution in [1.82, 2.24) is 19.7 Å². The Morgan fingerprint density at radius 1 is 1.03 bits per heavy atom. The average molecular weight is 445 g/mol. The molecule has 1 fully saturated rings. The van der Waals surface area contributed by atoms with Crippen LogP contribution in [0.15, 0.2) is 54.9 Å². The highest BCUT2D eigenvalue weighted by atomic mass is 19.3. The van der Waals surface area contributed by atoms with E-state index < -0.39 is 6.55 Å². The molecule has 1 aliphatic heterocycles. The number of nitrogens with zero attached hydrogens (tertiary/aromatic N) is 6. The molecule has 2 aromatic carbocycles. The molecule has 1 aliphatic rings. The number of fused-ring (bicyclic) bond motifs is 1. The Hall–Kier alpha value is -3.90. The molecule has 0 unspecified atom stereocenters. The monoisotopic (exact) mass is 445 g/mol. The molecule has 0 radical (unpaired) electrons. The van der Waals surface area contributed by atoms with Gasteiger partial charge in [0, 0.05) is 41.8 Å². The summed E-state index contributed by atoms with van der Waals surface area (Å²) in [6, 6.07) is 14.7. The molecule has 2 aromatic heterocycles. The number of halogens is 2. The van der Waals surface area contributed by atoms with Gasteiger partial charge in [-0.15, -0.1) is 0 Å². The predicted molar refractivity (Wildman–Crippen MR) is 122 cm³/mol. The Balaban J connectivity index is 1.61. The predicted octanol–water partition coefficient (Wildman–Crippen LogP) is 4.35. The van der Waals surface area contributed by atoms with Crippen LogP contribution in [0, 0.1) is 11.3 Å². The number of rotatable bonds is 4. The van der Waals surface area contributed by atoms with Crippen molar-refractivity contribution < 1.29 is 8.78 Å². The van der Waals surface area contributed by atoms with Crippen molar-refractivity contribution in [2.75, 3.05) is 18.0 Å². The second-order valence-corrected chi connectivity index (χ2v) is 8.09. The summed E-state index contributed by atoms with van der Waals surface area (Å²) in [5.41, 5.74) is 10.1. The number of alkyl halides is 2. The van der Waals surface area contributed by atoms with Crippen LogP contribution < -0.4 is 10.6 Å². The number of hydrogen-bond donors (Lipinski definition) is 1. The molecule has 0 aliphatic carbocycles. The second-order valence-electron chi connectivity index (χ2n) is 8.09. The summed E-state index contributed by atoms with van der Waals surface area (Å²) in [6.45, 7) is -1.14. The smallest absolute Gasteiger partial charge is 0.333 e. The quantitative estimate of drug-likeness (QED) is 0.502. The lowest BCUT2D eigenvalue weighted by Gasteiger charge is -2.30. The van der Waals surface area contributed by atoms with E-state index in [1.807, 2.05) is 18.2 Å². The lowest BCUT2D eigenvalue weighted by molar-refractivity contribution is 0.0615. The van der Waals surface area contributed by atoms with Crippen LogP contribution in [0.1, 0.15) is 25.0 Å². The summed E-state index contributed by atoms with van der Waals surface area (Å²) < 4.78 is 27.1. The van der Waals surface area contributed by atoms with Gasteiger partial charge in [0.25, 0.3) is 0 Å². The summed E-state index contributed by atoms with van der Waals surface area (Å²) in [5, 5.41) is 13.6. The fourth-order valence-corrected chi connectivity index (χ4v) is 4.13. The molecule has 0 spiro atoms. The standard InChI is InChI=1S/C24H21F2N7/c25-23(26)33-21-6-5-17(11-18(21)13-30-33)20-14-29-24(32-9-7-19(28)8-10-32)31-22(20)16-3-1-15(12-27)2-4-16/h1-6,11,13-14,19,23H,7-10,28H2. The van der Waals surface area contributed by atoms with Crippen LogP contribution in [-0.2, 0) is 0 Å². The van der Waals surface area contributed by atoms with Crippen LogP contribution >= 0.6 is 0 Å². The van der Waals surface area contributed by atoms with Crippen LogP contribution in [0.25, 0.3) is 33.3 Å². The molecule has 4 aromatic rings. The lowest BCUT2D eigenvalue weighted by Crippen LogP contribution is -2.40. The first-order valence-corrected chi connectivity index (χ1v) is 10.7. The molecular weight excluding hydrogens is 424 g/mol. The molecule has 0 bridgehead atoms. The number of anilines is 1. The minimum atomic E-state index is -2.71. The van der Waals surface area contributed by atoms with Gasteiger partial charge >= 0.3 is 6.55 Å². The third kappa shape index (κ3) is 4.01. The summed E-state index contributed by atoms with van der Waals surface area (Å²) in [6.07, 6.45) is 4.95. The third-order valence-electron chi connectivity index (χ3n) is 5.98. The Kier molecular flexibility index (Phi) is 5.44. The molecule has 0 atom stereocenters. The van der Waals surface area contributed by atoms with E-state index in [0.717, 1.165) is 42.6 Å². The summed E-state index contributed by atoms with van der Waals surface area (Å²) >= 11 is 0. The zero-order valence-corrected chi connectivity index (χ0v) is 17.7. The molecule has 2 N–H and O–H groups in total. The Bertz CT molecular complexity index is 1330. The maximum absolute atomic E-state index is 13.2. The zero-order valence-electron chi connectivity index (χ0n) is 17.7. The Morgan fingerprint density at radius 3 is 2.45 bits per heavy atom. The Morgan fingerprint density at radius 2 is 1.76 bits per heavy atom. The van der Waals surface area contributed by atoms with E-state index in [-0.39, 0.29) is 6.04 Å². The topological polar surface area (TPSA) is 96.7 Å². The van der Waals surface area contributed by atoms with E-state index in [0.29, 0.717) is 32.8 Å². The van der Waals surface area contributed by atoms with Crippen LogP contribution in [0.5, 0.6) is 0 Å². The highest BCUT2D eigenvalue weighted by Gasteiger charge is 2.21. The lowest BCUT2D eigenvalue weighted by atomic mass is 9.99. The van der Waals surface area contributed by atoms with Gasteiger partial charge in [0.05, 0.1) is 29.0 Å². The highest BCUT2D eigenvalue weighted by Crippen LogP contribution is 2.34. The van der Waals surface area contributed by atoms with Gasteiger partial charge in [-0.3, -0.25) is 0 Å². The molecular formula is C24H21F2N7. The van der Waals surface area contributed by atoms with Gasteiger partial charge in [-0.1, -0.05) is 18.2 Å². The average Bonchev–Trinajstić information content (AvgIpc) is 3.28. The first kappa shape index (κ1) is 21.0. The van der Waals surface area contributed by atoms with Crippen LogP contribution in [0.4, 0.5) is 14.7 Å². The van der Waals surface area contributed by atoms with E-state index in [9.17, 15) is 8.78 Å². The van der Waals surface area contributed by atoms with Crippen molar-refractivity contribution in [2.24, 2.45) is 5.73 Å². The van der Waals surface area contributed by atoms with Gasteiger partial charge in [0.1, 0.15) is 0 Å². The minimum absolute atomic E-state index is 0.194. The number of nitriles is 1. The zero-order chi connectivity index (χ0) is 22.9. The molecule has 0 saturated carbocycles. The maximum Gasteiger partial charge on any atom is 0.333 e. The number of benzene rings is 2. The van der Waals surface area contributed by atoms with Crippen molar-refractivity contribution in [2.45, 2.75) is 25.4 Å². The molecule has 9 heteroatoms. The van der Waals surface area contributed by atoms with Crippen molar-refractivity contribution in [3.63, 3.8) is 0 Å². The van der Waals surface area contributed by atoms with E-state index in [2.05, 4.69) is 21.1 Å². The van der Waals surface area contributed by atoms with Gasteiger partial charge in [0.2, 0.25) is 5.95 Å². The van der Waals surface area contributed by atoms with Gasteiger partial charge in [-0.2, -0.15) is 19.1 Å². The second kappa shape index (κ2) is 8.56. The van der Waals surface area contributed by atoms with Crippen LogP contribution in [0.2, 0.25) is 0 Å². The molecule has 7 nitrogen and oxygen atoms in total. The summed E-state index contributed by atoms with van der Waals surface area (Å²) in [4.78, 5) is 11.6. The fraction of sp³-hybridized carbons (Fsp3) is 0.250. The molecule has 5 rings (SSSR count). The van der Waals surface area contributed by atoms with Gasteiger partial charge < -0.3 is 10.6 Å². The first-order chi connectivity index (χ1) is 16.0. The normalized spacial score (nSPS) is 14.7. The Labute approximate surface area is 189 Å². The summed E-state index contributed by atoms with van der Waals surface area (Å²) in [5.74, 6) is 0.622. The minimum Gasteiger partial charge on any atom is -0.341 e. The van der Waals surface area contributed by atoms with Crippen molar-refractivity contribution in [1.29, 1.82) is 5.26 Å². The van der Waals surface area contributed by atoms with E-state index in [1.165, 1.54) is 6.20 Å².